The second-order valence-electron chi connectivity index (χ2n) is 6.07. The Morgan fingerprint density at radius 1 is 1.29 bits per heavy atom. The van der Waals surface area contributed by atoms with Gasteiger partial charge < -0.3 is 10.1 Å². The van der Waals surface area contributed by atoms with Crippen LogP contribution in [0.2, 0.25) is 0 Å². The second kappa shape index (κ2) is 9.43. The predicted octanol–water partition coefficient (Wildman–Crippen LogP) is 4.25. The lowest BCUT2D eigenvalue weighted by Gasteiger charge is -2.09. The number of halogens is 2. The fourth-order valence-electron chi connectivity index (χ4n) is 2.68. The minimum absolute atomic E-state index is 0.257. The zero-order valence-corrected chi connectivity index (χ0v) is 16.8. The summed E-state index contributed by atoms with van der Waals surface area (Å²) in [4.78, 5) is 12.1. The molecule has 0 aliphatic heterocycles. The second-order valence-corrected chi connectivity index (χ2v) is 6.98. The van der Waals surface area contributed by atoms with Gasteiger partial charge in [0.25, 0.3) is 0 Å². The number of hydrogen-bond donors (Lipinski definition) is 1. The lowest BCUT2D eigenvalue weighted by atomic mass is 10.1. The first-order valence-corrected chi connectivity index (χ1v) is 9.38. The van der Waals surface area contributed by atoms with Gasteiger partial charge in [-0.2, -0.15) is 5.10 Å². The molecule has 1 heterocycles. The monoisotopic (exact) mass is 443 g/mol. The number of benzene rings is 2. The largest absolute Gasteiger partial charge is 0.380 e. The number of methoxy groups -OCH3 is 1. The van der Waals surface area contributed by atoms with Crippen LogP contribution in [-0.4, -0.2) is 22.8 Å². The van der Waals surface area contributed by atoms with Gasteiger partial charge in [0, 0.05) is 25.9 Å². The molecule has 28 heavy (non-hydrogen) atoms. The third-order valence-corrected chi connectivity index (χ3v) is 4.48. The van der Waals surface area contributed by atoms with Gasteiger partial charge in [-0.15, -0.1) is 0 Å². The zero-order valence-electron chi connectivity index (χ0n) is 15.2. The summed E-state index contributed by atoms with van der Waals surface area (Å²) in [6, 6.07) is 12.5. The first-order chi connectivity index (χ1) is 13.6. The van der Waals surface area contributed by atoms with Gasteiger partial charge >= 0.3 is 0 Å². The summed E-state index contributed by atoms with van der Waals surface area (Å²) in [6.07, 6.45) is 6.21. The van der Waals surface area contributed by atoms with E-state index in [2.05, 4.69) is 26.3 Å². The summed E-state index contributed by atoms with van der Waals surface area (Å²) in [6.45, 7) is 0.879. The van der Waals surface area contributed by atoms with Crippen molar-refractivity contribution in [2.24, 2.45) is 0 Å². The van der Waals surface area contributed by atoms with Crippen LogP contribution in [0.3, 0.4) is 0 Å². The fourth-order valence-corrected chi connectivity index (χ4v) is 2.97. The molecule has 0 saturated carbocycles. The Hall–Kier alpha value is -2.77. The number of aromatic nitrogens is 2. The van der Waals surface area contributed by atoms with Gasteiger partial charge in [0.15, 0.2) is 0 Å². The molecule has 3 aromatic rings. The number of amides is 1. The number of hydrogen-bond acceptors (Lipinski definition) is 3. The van der Waals surface area contributed by atoms with Crippen LogP contribution in [0.4, 0.5) is 4.39 Å². The third kappa shape index (κ3) is 5.15. The number of nitrogens with one attached hydrogen (secondary N) is 1. The molecular weight excluding hydrogens is 425 g/mol. The average molecular weight is 444 g/mol. The molecule has 1 aromatic heterocycles. The number of ether oxygens (including phenoxy) is 1. The van der Waals surface area contributed by atoms with Crippen LogP contribution in [0.15, 0.2) is 65.4 Å². The maximum absolute atomic E-state index is 14.3. The fraction of sp³-hybridized carbons (Fsp3) is 0.143. The summed E-state index contributed by atoms with van der Waals surface area (Å²) < 4.78 is 21.7. The van der Waals surface area contributed by atoms with Crippen LogP contribution >= 0.6 is 15.9 Å². The van der Waals surface area contributed by atoms with E-state index in [0.717, 1.165) is 15.6 Å². The Kier molecular flexibility index (Phi) is 6.73. The number of nitrogens with zero attached hydrogens (tertiary/aromatic N) is 2. The van der Waals surface area contributed by atoms with E-state index in [-0.39, 0.29) is 5.91 Å². The molecule has 0 bridgehead atoms. The van der Waals surface area contributed by atoms with Gasteiger partial charge in [-0.05, 0) is 50.8 Å². The van der Waals surface area contributed by atoms with Crippen molar-refractivity contribution in [1.29, 1.82) is 0 Å². The smallest absolute Gasteiger partial charge is 0.244 e. The molecule has 0 radical (unpaired) electrons. The van der Waals surface area contributed by atoms with E-state index in [1.165, 1.54) is 16.8 Å². The van der Waals surface area contributed by atoms with Crippen LogP contribution < -0.4 is 5.32 Å². The van der Waals surface area contributed by atoms with Gasteiger partial charge in [-0.3, -0.25) is 4.79 Å². The van der Waals surface area contributed by atoms with E-state index in [1.807, 2.05) is 24.3 Å². The first-order valence-electron chi connectivity index (χ1n) is 8.58. The highest BCUT2D eigenvalue weighted by molar-refractivity contribution is 9.10. The Bertz CT molecular complexity index is 1000. The van der Waals surface area contributed by atoms with Crippen molar-refractivity contribution in [3.8, 4) is 5.69 Å². The van der Waals surface area contributed by atoms with Gasteiger partial charge in [0.1, 0.15) is 11.5 Å². The van der Waals surface area contributed by atoms with Crippen molar-refractivity contribution in [3.05, 3.63) is 87.9 Å². The normalized spacial score (nSPS) is 11.1. The molecule has 3 rings (SSSR count). The van der Waals surface area contributed by atoms with Gasteiger partial charge in [0.05, 0.1) is 17.3 Å². The Morgan fingerprint density at radius 3 is 2.75 bits per heavy atom. The van der Waals surface area contributed by atoms with Crippen LogP contribution in [0, 0.1) is 5.82 Å². The molecule has 0 aliphatic rings. The molecule has 0 unspecified atom stereocenters. The molecular formula is C21H19BrFN3O2. The van der Waals surface area contributed by atoms with E-state index in [9.17, 15) is 9.18 Å². The molecule has 0 fully saturated rings. The van der Waals surface area contributed by atoms with Crippen molar-refractivity contribution < 1.29 is 13.9 Å². The molecule has 7 heteroatoms. The molecule has 1 N–H and O–H groups in total. The number of rotatable bonds is 7. The maximum Gasteiger partial charge on any atom is 0.244 e. The minimum atomic E-state index is -0.424. The van der Waals surface area contributed by atoms with Gasteiger partial charge in [0.2, 0.25) is 5.91 Å². The van der Waals surface area contributed by atoms with E-state index in [0.29, 0.717) is 24.4 Å². The Labute approximate surface area is 171 Å². The lowest BCUT2D eigenvalue weighted by Crippen LogP contribution is -2.21. The molecule has 0 aliphatic carbocycles. The summed E-state index contributed by atoms with van der Waals surface area (Å²) >= 11 is 3.29. The zero-order chi connectivity index (χ0) is 19.9. The van der Waals surface area contributed by atoms with E-state index >= 15 is 0 Å². The maximum atomic E-state index is 14.3. The van der Waals surface area contributed by atoms with Gasteiger partial charge in [-0.1, -0.05) is 30.3 Å². The van der Waals surface area contributed by atoms with Crippen molar-refractivity contribution in [2.45, 2.75) is 13.2 Å². The highest BCUT2D eigenvalue weighted by atomic mass is 79.9. The van der Waals surface area contributed by atoms with E-state index in [1.54, 1.807) is 37.7 Å². The Balaban J connectivity index is 1.62. The molecule has 5 nitrogen and oxygen atoms in total. The van der Waals surface area contributed by atoms with Crippen molar-refractivity contribution in [2.75, 3.05) is 7.11 Å². The lowest BCUT2D eigenvalue weighted by molar-refractivity contribution is -0.116. The van der Waals surface area contributed by atoms with E-state index < -0.39 is 5.82 Å². The Morgan fingerprint density at radius 2 is 2.07 bits per heavy atom. The highest BCUT2D eigenvalue weighted by Gasteiger charge is 2.07. The van der Waals surface area contributed by atoms with Crippen LogP contribution in [0.1, 0.15) is 16.7 Å². The molecule has 144 valence electrons. The molecule has 0 atom stereocenters. The number of carbonyl (C=O) groups excluding carboxylic acids is 1. The summed E-state index contributed by atoms with van der Waals surface area (Å²) in [5.74, 6) is -0.681. The third-order valence-electron chi connectivity index (χ3n) is 4.07. The predicted molar refractivity (Wildman–Crippen MR) is 109 cm³/mol. The molecule has 0 saturated heterocycles. The average Bonchev–Trinajstić information content (AvgIpc) is 3.12. The summed E-state index contributed by atoms with van der Waals surface area (Å²) in [5, 5.41) is 6.89. The molecule has 1 amide bonds. The van der Waals surface area contributed by atoms with E-state index in [4.69, 9.17) is 4.74 Å². The van der Waals surface area contributed by atoms with Crippen LogP contribution in [-0.2, 0) is 22.7 Å². The highest BCUT2D eigenvalue weighted by Crippen LogP contribution is 2.18. The minimum Gasteiger partial charge on any atom is -0.380 e. The molecule has 2 aromatic carbocycles. The standard InChI is InChI=1S/C21H19BrFN3O2/c1-28-14-17-5-3-2-4-16(17)11-24-21(27)9-7-15-6-8-20(19(23)10-15)26-13-18(22)12-25-26/h2-10,12-13H,11,14H2,1H3,(H,24,27)/b9-7+. The van der Waals surface area contributed by atoms with Crippen molar-refractivity contribution in [3.63, 3.8) is 0 Å². The summed E-state index contributed by atoms with van der Waals surface area (Å²) in [5.41, 5.74) is 2.94. The quantitative estimate of drug-likeness (QED) is 0.555. The van der Waals surface area contributed by atoms with Gasteiger partial charge in [-0.25, -0.2) is 9.07 Å². The summed E-state index contributed by atoms with van der Waals surface area (Å²) in [7, 11) is 1.63. The van der Waals surface area contributed by atoms with Crippen molar-refractivity contribution >= 4 is 27.9 Å². The van der Waals surface area contributed by atoms with Crippen LogP contribution in [0.5, 0.6) is 0 Å². The van der Waals surface area contributed by atoms with Crippen molar-refractivity contribution in [1.82, 2.24) is 15.1 Å². The number of carbonyl (C=O) groups is 1. The molecule has 0 spiro atoms. The topological polar surface area (TPSA) is 56.1 Å². The first kappa shape index (κ1) is 20.0. The van der Waals surface area contributed by atoms with Crippen LogP contribution in [0.25, 0.3) is 11.8 Å². The SMILES string of the molecule is COCc1ccccc1CNC(=O)/C=C/c1ccc(-n2cc(Br)cn2)c(F)c1.